The van der Waals surface area contributed by atoms with E-state index in [2.05, 4.69) is 11.9 Å². The second kappa shape index (κ2) is 11.6. The number of carbonyl (C=O) groups is 1. The maximum absolute atomic E-state index is 11.9. The van der Waals surface area contributed by atoms with E-state index in [-0.39, 0.29) is 5.78 Å². The fraction of sp³-hybridized carbons (Fsp3) is 0.667. The van der Waals surface area contributed by atoms with Crippen LogP contribution in [0.5, 0.6) is 0 Å². The van der Waals surface area contributed by atoms with Crippen molar-refractivity contribution in [3.05, 3.63) is 30.1 Å². The SMILES string of the molecule is CCCCCCCCCCCCC(=O)c1ccncc1. The maximum Gasteiger partial charge on any atom is 0.162 e. The molecule has 0 aliphatic carbocycles. The molecule has 1 heterocycles. The first-order valence-electron chi connectivity index (χ1n) is 8.28. The highest BCUT2D eigenvalue weighted by Gasteiger charge is 2.04. The Balaban J connectivity index is 1.91. The van der Waals surface area contributed by atoms with Gasteiger partial charge in [-0.1, -0.05) is 64.7 Å². The summed E-state index contributed by atoms with van der Waals surface area (Å²) in [6.07, 6.45) is 17.1. The lowest BCUT2D eigenvalue weighted by Crippen LogP contribution is -1.98. The summed E-state index contributed by atoms with van der Waals surface area (Å²) in [5, 5.41) is 0. The molecule has 0 saturated heterocycles. The summed E-state index contributed by atoms with van der Waals surface area (Å²) in [7, 11) is 0. The van der Waals surface area contributed by atoms with E-state index in [1.807, 2.05) is 0 Å². The van der Waals surface area contributed by atoms with Crippen LogP contribution in [-0.2, 0) is 0 Å². The lowest BCUT2D eigenvalue weighted by molar-refractivity contribution is 0.0979. The van der Waals surface area contributed by atoms with Gasteiger partial charge in [-0.25, -0.2) is 0 Å². The molecule has 0 bridgehead atoms. The van der Waals surface area contributed by atoms with Gasteiger partial charge in [0, 0.05) is 24.4 Å². The van der Waals surface area contributed by atoms with Gasteiger partial charge in [-0.15, -0.1) is 0 Å². The molecule has 2 nitrogen and oxygen atoms in total. The van der Waals surface area contributed by atoms with E-state index in [0.29, 0.717) is 6.42 Å². The Morgan fingerprint density at radius 1 is 0.850 bits per heavy atom. The first-order valence-corrected chi connectivity index (χ1v) is 8.28. The molecule has 0 unspecified atom stereocenters. The zero-order valence-electron chi connectivity index (χ0n) is 12.9. The van der Waals surface area contributed by atoms with Crippen LogP contribution in [0.3, 0.4) is 0 Å². The molecule has 0 aliphatic rings. The van der Waals surface area contributed by atoms with Gasteiger partial charge < -0.3 is 0 Å². The molecule has 1 aromatic heterocycles. The van der Waals surface area contributed by atoms with Gasteiger partial charge in [0.15, 0.2) is 5.78 Å². The summed E-state index contributed by atoms with van der Waals surface area (Å²) < 4.78 is 0. The second-order valence-electron chi connectivity index (χ2n) is 5.59. The molecule has 2 heteroatoms. The number of hydrogen-bond acceptors (Lipinski definition) is 2. The van der Waals surface area contributed by atoms with Gasteiger partial charge in [-0.2, -0.15) is 0 Å². The molecule has 0 N–H and O–H groups in total. The quantitative estimate of drug-likeness (QED) is 0.368. The van der Waals surface area contributed by atoms with Crippen LogP contribution in [0.4, 0.5) is 0 Å². The van der Waals surface area contributed by atoms with Crippen molar-refractivity contribution in [2.75, 3.05) is 0 Å². The summed E-state index contributed by atoms with van der Waals surface area (Å²) in [6.45, 7) is 2.26. The van der Waals surface area contributed by atoms with Crippen molar-refractivity contribution in [3.8, 4) is 0 Å². The summed E-state index contributed by atoms with van der Waals surface area (Å²) in [4.78, 5) is 15.8. The van der Waals surface area contributed by atoms with Crippen LogP contribution in [0.25, 0.3) is 0 Å². The van der Waals surface area contributed by atoms with Crippen molar-refractivity contribution in [1.29, 1.82) is 0 Å². The summed E-state index contributed by atoms with van der Waals surface area (Å²) >= 11 is 0. The van der Waals surface area contributed by atoms with Gasteiger partial charge in [0.1, 0.15) is 0 Å². The molecule has 0 aliphatic heterocycles. The lowest BCUT2D eigenvalue weighted by Gasteiger charge is -2.02. The van der Waals surface area contributed by atoms with E-state index in [1.54, 1.807) is 24.5 Å². The van der Waals surface area contributed by atoms with E-state index >= 15 is 0 Å². The van der Waals surface area contributed by atoms with Gasteiger partial charge >= 0.3 is 0 Å². The third kappa shape index (κ3) is 8.08. The van der Waals surface area contributed by atoms with Crippen LogP contribution < -0.4 is 0 Å². The van der Waals surface area contributed by atoms with Crippen LogP contribution in [0, 0.1) is 0 Å². The number of pyridine rings is 1. The van der Waals surface area contributed by atoms with Crippen LogP contribution in [0.15, 0.2) is 24.5 Å². The summed E-state index contributed by atoms with van der Waals surface area (Å²) in [5.74, 6) is 0.256. The number of rotatable bonds is 12. The minimum Gasteiger partial charge on any atom is -0.294 e. The molecular formula is C18H29NO. The lowest BCUT2D eigenvalue weighted by atomic mass is 10.0. The zero-order chi connectivity index (χ0) is 14.5. The van der Waals surface area contributed by atoms with E-state index in [1.165, 1.54) is 57.8 Å². The molecule has 0 aromatic carbocycles. The fourth-order valence-electron chi connectivity index (χ4n) is 2.46. The van der Waals surface area contributed by atoms with Crippen LogP contribution in [0.1, 0.15) is 87.9 Å². The number of Topliss-reactive ketones (excluding diaryl/α,β-unsaturated/α-hetero) is 1. The van der Waals surface area contributed by atoms with Crippen LogP contribution in [-0.4, -0.2) is 10.8 Å². The molecule has 0 fully saturated rings. The van der Waals surface area contributed by atoms with Crippen molar-refractivity contribution < 1.29 is 4.79 Å². The molecule has 0 saturated carbocycles. The average molecular weight is 275 g/mol. The smallest absolute Gasteiger partial charge is 0.162 e. The minimum atomic E-state index is 0.256. The first kappa shape index (κ1) is 16.9. The molecule has 0 amide bonds. The Hall–Kier alpha value is -1.18. The Bertz CT molecular complexity index is 348. The van der Waals surface area contributed by atoms with Gasteiger partial charge in [-0.3, -0.25) is 9.78 Å². The van der Waals surface area contributed by atoms with E-state index < -0.39 is 0 Å². The van der Waals surface area contributed by atoms with E-state index in [0.717, 1.165) is 12.0 Å². The van der Waals surface area contributed by atoms with Crippen LogP contribution >= 0.6 is 0 Å². The van der Waals surface area contributed by atoms with E-state index in [9.17, 15) is 4.79 Å². The number of hydrogen-bond donors (Lipinski definition) is 0. The Morgan fingerprint density at radius 3 is 1.90 bits per heavy atom. The standard InChI is InChI=1S/C18H29NO/c1-2-3-4-5-6-7-8-9-10-11-12-18(20)17-13-15-19-16-14-17/h13-16H,2-12H2,1H3. The number of ketones is 1. The van der Waals surface area contributed by atoms with Crippen molar-refractivity contribution in [3.63, 3.8) is 0 Å². The van der Waals surface area contributed by atoms with Crippen molar-refractivity contribution in [1.82, 2.24) is 4.98 Å². The minimum absolute atomic E-state index is 0.256. The Morgan fingerprint density at radius 2 is 1.35 bits per heavy atom. The van der Waals surface area contributed by atoms with E-state index in [4.69, 9.17) is 0 Å². The van der Waals surface area contributed by atoms with Gasteiger partial charge in [0.05, 0.1) is 0 Å². The highest BCUT2D eigenvalue weighted by molar-refractivity contribution is 5.95. The van der Waals surface area contributed by atoms with Crippen molar-refractivity contribution >= 4 is 5.78 Å². The predicted octanol–water partition coefficient (Wildman–Crippen LogP) is 5.58. The second-order valence-corrected chi connectivity index (χ2v) is 5.59. The monoisotopic (exact) mass is 275 g/mol. The molecule has 20 heavy (non-hydrogen) atoms. The maximum atomic E-state index is 11.9. The zero-order valence-corrected chi connectivity index (χ0v) is 12.9. The number of carbonyl (C=O) groups excluding carboxylic acids is 1. The van der Waals surface area contributed by atoms with Crippen LogP contribution in [0.2, 0.25) is 0 Å². The molecule has 0 spiro atoms. The third-order valence-electron chi connectivity index (χ3n) is 3.76. The highest BCUT2D eigenvalue weighted by atomic mass is 16.1. The summed E-state index contributed by atoms with van der Waals surface area (Å²) in [6, 6.07) is 3.61. The number of nitrogens with zero attached hydrogens (tertiary/aromatic N) is 1. The molecule has 0 atom stereocenters. The third-order valence-corrected chi connectivity index (χ3v) is 3.76. The molecule has 1 rings (SSSR count). The summed E-state index contributed by atoms with van der Waals surface area (Å²) in [5.41, 5.74) is 0.802. The topological polar surface area (TPSA) is 30.0 Å². The first-order chi connectivity index (χ1) is 9.84. The predicted molar refractivity (Wildman–Crippen MR) is 85.0 cm³/mol. The van der Waals surface area contributed by atoms with Gasteiger partial charge in [0.2, 0.25) is 0 Å². The van der Waals surface area contributed by atoms with Gasteiger partial charge in [0.25, 0.3) is 0 Å². The molecule has 0 radical (unpaired) electrons. The number of aromatic nitrogens is 1. The van der Waals surface area contributed by atoms with Crippen molar-refractivity contribution in [2.45, 2.75) is 77.6 Å². The molecule has 112 valence electrons. The van der Waals surface area contributed by atoms with Gasteiger partial charge in [-0.05, 0) is 18.6 Å². The van der Waals surface area contributed by atoms with Crippen molar-refractivity contribution in [2.24, 2.45) is 0 Å². The Kier molecular flexibility index (Phi) is 9.81. The normalized spacial score (nSPS) is 10.7. The number of unbranched alkanes of at least 4 members (excludes halogenated alkanes) is 9. The average Bonchev–Trinajstić information content (AvgIpc) is 2.50. The fourth-order valence-corrected chi connectivity index (χ4v) is 2.46. The molecular weight excluding hydrogens is 246 g/mol. The Labute approximate surface area is 124 Å². The molecule has 1 aromatic rings. The largest absolute Gasteiger partial charge is 0.294 e. The highest BCUT2D eigenvalue weighted by Crippen LogP contribution is 2.12.